The zero-order chi connectivity index (χ0) is 24.7. The molecular weight excluding hydrogens is 424 g/mol. The van der Waals surface area contributed by atoms with Gasteiger partial charge in [-0.1, -0.05) is 25.5 Å². The quantitative estimate of drug-likeness (QED) is 0.312. The molecule has 6 nitrogen and oxygen atoms in total. The van der Waals surface area contributed by atoms with Gasteiger partial charge in [-0.25, -0.2) is 0 Å². The molecule has 4 rings (SSSR count). The number of hydrogen-bond donors (Lipinski definition) is 0. The lowest BCUT2D eigenvalue weighted by Crippen LogP contribution is -2.49. The fraction of sp³-hybridized carbons (Fsp3) is 0.607. The summed E-state index contributed by atoms with van der Waals surface area (Å²) < 4.78 is 5.54. The lowest BCUT2D eigenvalue weighted by atomic mass is 9.47. The molecule has 0 amide bonds. The van der Waals surface area contributed by atoms with Gasteiger partial charge >= 0.3 is 5.97 Å². The number of nitriles is 4. The Morgan fingerprint density at radius 2 is 1.74 bits per heavy atom. The van der Waals surface area contributed by atoms with Crippen LogP contribution in [-0.4, -0.2) is 12.1 Å². The van der Waals surface area contributed by atoms with Crippen LogP contribution in [0.25, 0.3) is 0 Å². The Morgan fingerprint density at radius 3 is 2.35 bits per heavy atom. The summed E-state index contributed by atoms with van der Waals surface area (Å²) in [6.07, 6.45) is 10.1. The van der Waals surface area contributed by atoms with Gasteiger partial charge in [-0.3, -0.25) is 4.79 Å². The molecule has 4 aliphatic carbocycles. The third kappa shape index (κ3) is 3.63. The number of carbonyl (C=O) groups excluding carboxylic acids is 1. The Bertz CT molecular complexity index is 1140. The van der Waals surface area contributed by atoms with E-state index in [0.29, 0.717) is 18.3 Å². The molecule has 0 bridgehead atoms. The van der Waals surface area contributed by atoms with Gasteiger partial charge in [0.15, 0.2) is 5.92 Å². The van der Waals surface area contributed by atoms with Crippen molar-refractivity contribution >= 4 is 5.97 Å². The first-order valence-electron chi connectivity index (χ1n) is 12.1. The topological polar surface area (TPSA) is 121 Å². The fourth-order valence-electron chi connectivity index (χ4n) is 7.71. The highest BCUT2D eigenvalue weighted by atomic mass is 16.5. The maximum Gasteiger partial charge on any atom is 0.302 e. The largest absolute Gasteiger partial charge is 0.462 e. The second-order valence-electron chi connectivity index (χ2n) is 10.8. The van der Waals surface area contributed by atoms with Crippen LogP contribution in [0.3, 0.4) is 0 Å². The molecule has 4 unspecified atom stereocenters. The SMILES string of the molecule is CC(=O)OC1CC[C@@]2(C)C(=CCC3C2CC[C@]2(C)C(=C(C#N)C#N)/C(=C\C(C#N)C#N)CC32)C1. The van der Waals surface area contributed by atoms with E-state index in [2.05, 4.69) is 32.1 Å². The van der Waals surface area contributed by atoms with E-state index in [1.54, 1.807) is 6.08 Å². The summed E-state index contributed by atoms with van der Waals surface area (Å²) in [6, 6.07) is 8.22. The average Bonchev–Trinajstić information content (AvgIpc) is 3.10. The minimum atomic E-state index is -0.893. The van der Waals surface area contributed by atoms with E-state index in [4.69, 9.17) is 4.74 Å². The van der Waals surface area contributed by atoms with Crippen molar-refractivity contribution in [2.75, 3.05) is 0 Å². The molecule has 0 aromatic carbocycles. The van der Waals surface area contributed by atoms with Crippen molar-refractivity contribution in [1.82, 2.24) is 0 Å². The van der Waals surface area contributed by atoms with Crippen molar-refractivity contribution in [1.29, 1.82) is 21.0 Å². The average molecular weight is 455 g/mol. The van der Waals surface area contributed by atoms with Gasteiger partial charge in [-0.2, -0.15) is 21.0 Å². The molecule has 3 fully saturated rings. The Labute approximate surface area is 201 Å². The molecule has 4 aliphatic rings. The van der Waals surface area contributed by atoms with Crippen LogP contribution in [0.1, 0.15) is 65.7 Å². The normalized spacial score (nSPS) is 37.1. The van der Waals surface area contributed by atoms with E-state index in [1.165, 1.54) is 12.5 Å². The van der Waals surface area contributed by atoms with Crippen LogP contribution >= 0.6 is 0 Å². The molecule has 0 heterocycles. The fourth-order valence-corrected chi connectivity index (χ4v) is 7.71. The van der Waals surface area contributed by atoms with Gasteiger partial charge in [0, 0.05) is 13.3 Å². The summed E-state index contributed by atoms with van der Waals surface area (Å²) in [7, 11) is 0. The van der Waals surface area contributed by atoms with Crippen LogP contribution in [0.15, 0.2) is 34.4 Å². The molecule has 6 heteroatoms. The number of esters is 1. The maximum absolute atomic E-state index is 11.5. The molecule has 0 N–H and O–H groups in total. The Kier molecular flexibility index (Phi) is 6.14. The van der Waals surface area contributed by atoms with Crippen LogP contribution in [0.4, 0.5) is 0 Å². The molecule has 0 aliphatic heterocycles. The van der Waals surface area contributed by atoms with Crippen molar-refractivity contribution in [3.63, 3.8) is 0 Å². The molecular formula is C28H30N4O2. The van der Waals surface area contributed by atoms with Gasteiger partial charge in [0.1, 0.15) is 23.8 Å². The van der Waals surface area contributed by atoms with E-state index in [9.17, 15) is 25.8 Å². The number of fused-ring (bicyclic) bond motifs is 5. The molecule has 0 aromatic rings. The standard InChI is InChI=1S/C28H30N4O2/c1-17(33)34-22-6-8-27(2)21(12-22)4-5-23-24(27)7-9-28(3)25(23)11-19(10-18(13-29)14-30)26(28)20(15-31)16-32/h4,10,18,22-25H,5-9,11-12H2,1-3H3/b19-10-/t22?,23?,24?,25?,27-,28-/m0/s1. The first kappa shape index (κ1) is 23.8. The number of nitrogens with zero attached hydrogens (tertiary/aromatic N) is 4. The first-order chi connectivity index (χ1) is 16.2. The van der Waals surface area contributed by atoms with Crippen LogP contribution in [0, 0.1) is 79.8 Å². The van der Waals surface area contributed by atoms with Gasteiger partial charge in [-0.05, 0) is 84.3 Å². The van der Waals surface area contributed by atoms with E-state index in [1.807, 2.05) is 12.1 Å². The van der Waals surface area contributed by atoms with Gasteiger partial charge in [-0.15, -0.1) is 0 Å². The lowest BCUT2D eigenvalue weighted by molar-refractivity contribution is -0.148. The zero-order valence-electron chi connectivity index (χ0n) is 20.1. The minimum absolute atomic E-state index is 0.0412. The summed E-state index contributed by atoms with van der Waals surface area (Å²) in [4.78, 5) is 11.5. The van der Waals surface area contributed by atoms with E-state index < -0.39 is 5.92 Å². The van der Waals surface area contributed by atoms with Crippen molar-refractivity contribution in [2.24, 2.45) is 34.5 Å². The summed E-state index contributed by atoms with van der Waals surface area (Å²) in [5.41, 5.74) is 2.85. The maximum atomic E-state index is 11.5. The van der Waals surface area contributed by atoms with Crippen LogP contribution < -0.4 is 0 Å². The predicted molar refractivity (Wildman–Crippen MR) is 124 cm³/mol. The molecule has 34 heavy (non-hydrogen) atoms. The van der Waals surface area contributed by atoms with Crippen molar-refractivity contribution < 1.29 is 9.53 Å². The predicted octanol–water partition coefficient (Wildman–Crippen LogP) is 5.42. The van der Waals surface area contributed by atoms with Crippen molar-refractivity contribution in [3.8, 4) is 24.3 Å². The Morgan fingerprint density at radius 1 is 1.06 bits per heavy atom. The number of hydrogen-bond acceptors (Lipinski definition) is 6. The molecule has 0 spiro atoms. The molecule has 3 saturated carbocycles. The monoisotopic (exact) mass is 454 g/mol. The number of carbonyl (C=O) groups is 1. The van der Waals surface area contributed by atoms with Crippen molar-refractivity contribution in [3.05, 3.63) is 34.4 Å². The van der Waals surface area contributed by atoms with E-state index in [0.717, 1.165) is 49.7 Å². The van der Waals surface area contributed by atoms with Crippen molar-refractivity contribution in [2.45, 2.75) is 71.8 Å². The lowest BCUT2D eigenvalue weighted by Gasteiger charge is -2.57. The molecule has 0 saturated heterocycles. The number of ether oxygens (including phenoxy) is 1. The number of rotatable bonds is 2. The summed E-state index contributed by atoms with van der Waals surface area (Å²) in [6.45, 7) is 6.01. The van der Waals surface area contributed by atoms with E-state index in [-0.39, 0.29) is 34.4 Å². The first-order valence-corrected chi connectivity index (χ1v) is 12.1. The summed E-state index contributed by atoms with van der Waals surface area (Å²) in [5.74, 6) is 0.0256. The second kappa shape index (κ2) is 8.78. The third-order valence-electron chi connectivity index (χ3n) is 9.23. The van der Waals surface area contributed by atoms with E-state index >= 15 is 0 Å². The van der Waals surface area contributed by atoms with Crippen LogP contribution in [0.2, 0.25) is 0 Å². The third-order valence-corrected chi connectivity index (χ3v) is 9.23. The molecule has 0 radical (unpaired) electrons. The van der Waals surface area contributed by atoms with Gasteiger partial charge in [0.25, 0.3) is 0 Å². The number of allylic oxidation sites excluding steroid dienone is 5. The Balaban J connectivity index is 1.73. The molecule has 174 valence electrons. The Hall–Kier alpha value is -3.35. The highest BCUT2D eigenvalue weighted by molar-refractivity contribution is 5.66. The van der Waals surface area contributed by atoms with Crippen LogP contribution in [0.5, 0.6) is 0 Å². The minimum Gasteiger partial charge on any atom is -0.462 e. The molecule has 0 aromatic heterocycles. The highest BCUT2D eigenvalue weighted by Gasteiger charge is 2.59. The second-order valence-corrected chi connectivity index (χ2v) is 10.8. The highest BCUT2D eigenvalue weighted by Crippen LogP contribution is 2.67. The smallest absolute Gasteiger partial charge is 0.302 e. The summed E-state index contributed by atoms with van der Waals surface area (Å²) >= 11 is 0. The van der Waals surface area contributed by atoms with Crippen LogP contribution in [-0.2, 0) is 9.53 Å². The van der Waals surface area contributed by atoms with Gasteiger partial charge in [0.05, 0.1) is 12.1 Å². The van der Waals surface area contributed by atoms with Gasteiger partial charge in [0.2, 0.25) is 0 Å². The summed E-state index contributed by atoms with van der Waals surface area (Å²) in [5, 5.41) is 38.2. The zero-order valence-corrected chi connectivity index (χ0v) is 20.1. The molecule has 6 atom stereocenters. The van der Waals surface area contributed by atoms with Gasteiger partial charge < -0.3 is 4.74 Å².